The van der Waals surface area contributed by atoms with Crippen molar-refractivity contribution in [3.05, 3.63) is 59.7 Å². The highest BCUT2D eigenvalue weighted by Crippen LogP contribution is 2.28. The van der Waals surface area contributed by atoms with Crippen LogP contribution in [0.25, 0.3) is 0 Å². The first kappa shape index (κ1) is 26.1. The first-order chi connectivity index (χ1) is 15.9. The van der Waals surface area contributed by atoms with Gasteiger partial charge in [-0.05, 0) is 29.8 Å². The van der Waals surface area contributed by atoms with Crippen LogP contribution in [0, 0.1) is 0 Å². The number of hydrogen-bond acceptors (Lipinski definition) is 7. The molecule has 0 aliphatic carbocycles. The van der Waals surface area contributed by atoms with Crippen LogP contribution >= 0.6 is 0 Å². The highest BCUT2D eigenvalue weighted by Gasteiger charge is 2.37. The maximum absolute atomic E-state index is 13.1. The van der Waals surface area contributed by atoms with Gasteiger partial charge in [-0.1, -0.05) is 24.3 Å². The van der Waals surface area contributed by atoms with E-state index in [9.17, 15) is 26.4 Å². The van der Waals surface area contributed by atoms with E-state index in [2.05, 4.69) is 0 Å². The van der Waals surface area contributed by atoms with Crippen molar-refractivity contribution in [3.63, 3.8) is 0 Å². The number of carbonyl (C=O) groups is 1. The van der Waals surface area contributed by atoms with E-state index in [1.807, 2.05) is 0 Å². The van der Waals surface area contributed by atoms with E-state index < -0.39 is 47.0 Å². The van der Waals surface area contributed by atoms with Crippen molar-refractivity contribution in [2.45, 2.75) is 42.5 Å². The Morgan fingerprint density at radius 1 is 1.18 bits per heavy atom. The maximum Gasteiger partial charge on any atom is 0.411 e. The number of nitrogens with two attached hydrogens (primary N) is 1. The predicted octanol–water partition coefficient (Wildman–Crippen LogP) is 2.72. The molecule has 2 aromatic rings. The van der Waals surface area contributed by atoms with Crippen LogP contribution < -0.4 is 10.5 Å². The van der Waals surface area contributed by atoms with Gasteiger partial charge in [0.05, 0.1) is 11.5 Å². The molecule has 1 aliphatic heterocycles. The number of hydrogen-bond donors (Lipinski definition) is 1. The van der Waals surface area contributed by atoms with Crippen LogP contribution in [0.3, 0.4) is 0 Å². The number of ketones is 1. The molecule has 3 rings (SSSR count). The lowest BCUT2D eigenvalue weighted by Gasteiger charge is -2.31. The van der Waals surface area contributed by atoms with Crippen molar-refractivity contribution < 1.29 is 40.6 Å². The fourth-order valence-electron chi connectivity index (χ4n) is 3.34. The highest BCUT2D eigenvalue weighted by molar-refractivity contribution is 7.89. The van der Waals surface area contributed by atoms with Crippen molar-refractivity contribution in [1.29, 1.82) is 0 Å². The average molecular weight is 503 g/mol. The van der Waals surface area contributed by atoms with Crippen LogP contribution in [0.1, 0.15) is 22.3 Å². The molecule has 3 atom stereocenters. The molecule has 0 aromatic heterocycles. The van der Waals surface area contributed by atoms with E-state index in [0.717, 1.165) is 4.31 Å². The molecule has 8 nitrogen and oxygen atoms in total. The molecule has 0 spiro atoms. The Labute approximate surface area is 195 Å². The molecule has 1 heterocycles. The Bertz CT molecular complexity index is 1110. The maximum atomic E-state index is 13.1. The number of nitrogens with zero attached hydrogens (tertiary/aromatic N) is 1. The van der Waals surface area contributed by atoms with E-state index in [1.54, 1.807) is 30.3 Å². The lowest BCUT2D eigenvalue weighted by Crippen LogP contribution is -2.48. The number of ether oxygens (including phenoxy) is 3. The smallest absolute Gasteiger partial charge is 0.411 e. The molecule has 0 radical (unpaired) electrons. The molecule has 2 N–H and O–H groups in total. The Hall–Kier alpha value is -2.51. The van der Waals surface area contributed by atoms with Crippen LogP contribution in [-0.4, -0.2) is 63.8 Å². The zero-order valence-electron chi connectivity index (χ0n) is 18.5. The third kappa shape index (κ3) is 6.33. The highest BCUT2D eigenvalue weighted by atomic mass is 32.2. The number of fused-ring (bicyclic) bond motifs is 1. The number of rotatable bonds is 9. The Morgan fingerprint density at radius 2 is 1.85 bits per heavy atom. The number of alkyl halides is 3. The van der Waals surface area contributed by atoms with Gasteiger partial charge in [0.1, 0.15) is 18.5 Å². The summed E-state index contributed by atoms with van der Waals surface area (Å²) in [4.78, 5) is 13.0. The van der Waals surface area contributed by atoms with Gasteiger partial charge >= 0.3 is 6.18 Å². The molecule has 0 saturated carbocycles. The van der Waals surface area contributed by atoms with E-state index in [0.29, 0.717) is 5.56 Å². The Morgan fingerprint density at radius 3 is 2.47 bits per heavy atom. The normalized spacial score (nSPS) is 18.4. The number of carbonyl (C=O) groups excluding carboxylic acids is 1. The van der Waals surface area contributed by atoms with E-state index in [1.165, 1.54) is 32.3 Å². The van der Waals surface area contributed by atoms with Crippen molar-refractivity contribution in [1.82, 2.24) is 4.31 Å². The summed E-state index contributed by atoms with van der Waals surface area (Å²) in [6.45, 7) is -1.58. The number of benzene rings is 2. The first-order valence-electron chi connectivity index (χ1n) is 10.3. The monoisotopic (exact) mass is 502 g/mol. The zero-order valence-corrected chi connectivity index (χ0v) is 19.3. The van der Waals surface area contributed by atoms with Crippen LogP contribution in [-0.2, 0) is 26.1 Å². The van der Waals surface area contributed by atoms with Crippen LogP contribution in [0.5, 0.6) is 5.75 Å². The number of Topliss-reactive ketones (excluding diaryl/α,β-unsaturated/α-hetero) is 1. The second kappa shape index (κ2) is 10.4. The van der Waals surface area contributed by atoms with Crippen LogP contribution in [0.2, 0.25) is 0 Å². The lowest BCUT2D eigenvalue weighted by atomic mass is 9.93. The quantitative estimate of drug-likeness (QED) is 0.526. The fraction of sp³-hybridized carbons (Fsp3) is 0.409. The SMILES string of the molecule is CN(C)S(=O)(=O)c1ccc2c(c1)C(=O)C(C(N)CC(OCC(F)(F)F)Oc1ccccc1)OC2. The van der Waals surface area contributed by atoms with Crippen LogP contribution in [0.15, 0.2) is 53.4 Å². The molecule has 0 fully saturated rings. The Kier molecular flexibility index (Phi) is 7.98. The molecule has 186 valence electrons. The molecule has 2 aromatic carbocycles. The summed E-state index contributed by atoms with van der Waals surface area (Å²) in [6.07, 6.45) is -7.50. The molecule has 3 unspecified atom stereocenters. The number of halogens is 3. The van der Waals surface area contributed by atoms with Gasteiger partial charge in [-0.15, -0.1) is 0 Å². The molecular formula is C22H25F3N2O6S. The molecule has 0 saturated heterocycles. The predicted molar refractivity (Wildman–Crippen MR) is 116 cm³/mol. The Balaban J connectivity index is 1.79. The van der Waals surface area contributed by atoms with Gasteiger partial charge < -0.3 is 19.9 Å². The van der Waals surface area contributed by atoms with Crippen molar-refractivity contribution >= 4 is 15.8 Å². The summed E-state index contributed by atoms with van der Waals surface area (Å²) in [5.74, 6) is -0.305. The van der Waals surface area contributed by atoms with E-state index in [4.69, 9.17) is 19.9 Å². The van der Waals surface area contributed by atoms with Crippen molar-refractivity contribution in [2.24, 2.45) is 5.73 Å². The number of sulfonamides is 1. The zero-order chi connectivity index (χ0) is 25.1. The van der Waals surface area contributed by atoms with E-state index in [-0.39, 0.29) is 29.2 Å². The molecule has 0 amide bonds. The standard InChI is InChI=1S/C22H25F3N2O6S/c1-27(2)34(29,30)16-9-8-14-12-31-21(20(28)17(14)10-16)18(26)11-19(32-13-22(23,24)25)33-15-6-4-3-5-7-15/h3-10,18-19,21H,11-13,26H2,1-2H3. The summed E-state index contributed by atoms with van der Waals surface area (Å²) in [5.41, 5.74) is 6.76. The topological polar surface area (TPSA) is 108 Å². The van der Waals surface area contributed by atoms with Crippen molar-refractivity contribution in [2.75, 3.05) is 20.7 Å². The van der Waals surface area contributed by atoms with Gasteiger partial charge in [0.2, 0.25) is 16.3 Å². The molecule has 1 aliphatic rings. The first-order valence-corrected chi connectivity index (χ1v) is 11.7. The minimum absolute atomic E-state index is 0.0185. The minimum atomic E-state index is -4.59. The summed E-state index contributed by atoms with van der Waals surface area (Å²) < 4.78 is 80.1. The van der Waals surface area contributed by atoms with Gasteiger partial charge in [0, 0.05) is 32.1 Å². The number of para-hydroxylation sites is 1. The van der Waals surface area contributed by atoms with Crippen LogP contribution in [0.4, 0.5) is 13.2 Å². The minimum Gasteiger partial charge on any atom is -0.465 e. The third-order valence-corrected chi connectivity index (χ3v) is 6.91. The molecule has 12 heteroatoms. The van der Waals surface area contributed by atoms with Gasteiger partial charge in [0.15, 0.2) is 5.78 Å². The average Bonchev–Trinajstić information content (AvgIpc) is 2.77. The molecule has 0 bridgehead atoms. The van der Waals surface area contributed by atoms with Crippen molar-refractivity contribution in [3.8, 4) is 5.75 Å². The largest absolute Gasteiger partial charge is 0.465 e. The van der Waals surface area contributed by atoms with Gasteiger partial charge in [-0.25, -0.2) is 12.7 Å². The lowest BCUT2D eigenvalue weighted by molar-refractivity contribution is -0.213. The second-order valence-electron chi connectivity index (χ2n) is 7.89. The van der Waals surface area contributed by atoms with E-state index >= 15 is 0 Å². The van der Waals surface area contributed by atoms with Gasteiger partial charge in [-0.3, -0.25) is 4.79 Å². The molecular weight excluding hydrogens is 477 g/mol. The van der Waals surface area contributed by atoms with Gasteiger partial charge in [0.25, 0.3) is 0 Å². The summed E-state index contributed by atoms with van der Waals surface area (Å²) in [6, 6.07) is 11.1. The summed E-state index contributed by atoms with van der Waals surface area (Å²) in [7, 11) is -1.05. The second-order valence-corrected chi connectivity index (χ2v) is 10.0. The summed E-state index contributed by atoms with van der Waals surface area (Å²) in [5, 5.41) is 0. The molecule has 34 heavy (non-hydrogen) atoms. The third-order valence-electron chi connectivity index (χ3n) is 5.10. The van der Waals surface area contributed by atoms with Gasteiger partial charge in [-0.2, -0.15) is 13.2 Å². The fourth-order valence-corrected chi connectivity index (χ4v) is 4.27. The summed E-state index contributed by atoms with van der Waals surface area (Å²) >= 11 is 0.